The van der Waals surface area contributed by atoms with Gasteiger partial charge < -0.3 is 10.2 Å². The van der Waals surface area contributed by atoms with Crippen molar-refractivity contribution in [2.24, 2.45) is 0 Å². The first kappa shape index (κ1) is 29.4. The summed E-state index contributed by atoms with van der Waals surface area (Å²) in [5.41, 5.74) is 3.62. The van der Waals surface area contributed by atoms with Gasteiger partial charge in [0.1, 0.15) is 11.9 Å². The SMILES string of the molecule is Cc1ccc(CNC(=O)[C@H](C)N(Cc2ccc(F)cc2)C(=O)CCc2ccc(S(=O)(=O)N3CCCC3)cc2)cc1. The van der Waals surface area contributed by atoms with Crippen LogP contribution >= 0.6 is 0 Å². The van der Waals surface area contributed by atoms with Gasteiger partial charge in [-0.25, -0.2) is 12.8 Å². The molecule has 1 fully saturated rings. The van der Waals surface area contributed by atoms with Gasteiger partial charge in [-0.3, -0.25) is 9.59 Å². The van der Waals surface area contributed by atoms with Crippen LogP contribution in [0.4, 0.5) is 4.39 Å². The van der Waals surface area contributed by atoms with Crippen LogP contribution in [-0.4, -0.2) is 48.6 Å². The third kappa shape index (κ3) is 7.55. The van der Waals surface area contributed by atoms with Gasteiger partial charge in [0.2, 0.25) is 21.8 Å². The lowest BCUT2D eigenvalue weighted by atomic mass is 10.1. The second kappa shape index (κ2) is 13.2. The molecule has 3 aromatic rings. The summed E-state index contributed by atoms with van der Waals surface area (Å²) in [5.74, 6) is -0.885. The van der Waals surface area contributed by atoms with Crippen LogP contribution in [0.15, 0.2) is 77.7 Å². The Hall–Kier alpha value is -3.56. The van der Waals surface area contributed by atoms with E-state index in [0.29, 0.717) is 31.6 Å². The van der Waals surface area contributed by atoms with Crippen LogP contribution in [0, 0.1) is 12.7 Å². The van der Waals surface area contributed by atoms with Crippen LogP contribution in [0.2, 0.25) is 0 Å². The topological polar surface area (TPSA) is 86.8 Å². The number of nitrogens with zero attached hydrogens (tertiary/aromatic N) is 2. The van der Waals surface area contributed by atoms with Gasteiger partial charge in [-0.1, -0.05) is 54.1 Å². The van der Waals surface area contributed by atoms with E-state index in [0.717, 1.165) is 29.5 Å². The van der Waals surface area contributed by atoms with Crippen molar-refractivity contribution >= 4 is 21.8 Å². The van der Waals surface area contributed by atoms with Gasteiger partial charge in [0.05, 0.1) is 4.90 Å². The Morgan fingerprint density at radius 2 is 1.48 bits per heavy atom. The van der Waals surface area contributed by atoms with Crippen molar-refractivity contribution in [2.45, 2.75) is 63.6 Å². The van der Waals surface area contributed by atoms with Gasteiger partial charge in [0.25, 0.3) is 0 Å². The molecule has 1 saturated heterocycles. The zero-order valence-corrected chi connectivity index (χ0v) is 23.8. The predicted molar refractivity (Wildman–Crippen MR) is 152 cm³/mol. The molecule has 1 atom stereocenters. The van der Waals surface area contributed by atoms with Gasteiger partial charge in [-0.2, -0.15) is 4.31 Å². The van der Waals surface area contributed by atoms with E-state index in [1.807, 2.05) is 31.2 Å². The third-order valence-electron chi connectivity index (χ3n) is 7.27. The molecular weight excluding hydrogens is 529 g/mol. The molecule has 0 aromatic heterocycles. The Bertz CT molecular complexity index is 1400. The van der Waals surface area contributed by atoms with Crippen LogP contribution in [0.1, 0.15) is 48.4 Å². The summed E-state index contributed by atoms with van der Waals surface area (Å²) in [6.45, 7) is 5.26. The smallest absolute Gasteiger partial charge is 0.243 e. The summed E-state index contributed by atoms with van der Waals surface area (Å²) in [6.07, 6.45) is 2.27. The maximum absolute atomic E-state index is 13.5. The van der Waals surface area contributed by atoms with Crippen LogP contribution in [0.3, 0.4) is 0 Å². The number of nitrogens with one attached hydrogen (secondary N) is 1. The Morgan fingerprint density at radius 3 is 2.10 bits per heavy atom. The fourth-order valence-electron chi connectivity index (χ4n) is 4.71. The predicted octanol–water partition coefficient (Wildman–Crippen LogP) is 4.58. The number of aryl methyl sites for hydroxylation is 2. The number of hydrogen-bond acceptors (Lipinski definition) is 4. The molecule has 40 heavy (non-hydrogen) atoms. The van der Waals surface area contributed by atoms with Crippen molar-refractivity contribution in [3.63, 3.8) is 0 Å². The molecule has 0 unspecified atom stereocenters. The Morgan fingerprint density at radius 1 is 0.900 bits per heavy atom. The van der Waals surface area contributed by atoms with Crippen molar-refractivity contribution in [3.05, 3.63) is 101 Å². The highest BCUT2D eigenvalue weighted by Gasteiger charge is 2.28. The van der Waals surface area contributed by atoms with Crippen LogP contribution in [-0.2, 0) is 39.1 Å². The first-order valence-electron chi connectivity index (χ1n) is 13.6. The van der Waals surface area contributed by atoms with E-state index in [4.69, 9.17) is 0 Å². The summed E-state index contributed by atoms with van der Waals surface area (Å²) in [5, 5.41) is 2.91. The number of benzene rings is 3. The highest BCUT2D eigenvalue weighted by Crippen LogP contribution is 2.22. The molecule has 1 heterocycles. The molecule has 7 nitrogen and oxygen atoms in total. The minimum Gasteiger partial charge on any atom is -0.350 e. The van der Waals surface area contributed by atoms with Crippen molar-refractivity contribution in [2.75, 3.05) is 13.1 Å². The number of amides is 2. The van der Waals surface area contributed by atoms with E-state index in [-0.39, 0.29) is 35.5 Å². The van der Waals surface area contributed by atoms with Crippen LogP contribution < -0.4 is 5.32 Å². The number of hydrogen-bond donors (Lipinski definition) is 1. The molecule has 0 spiro atoms. The molecular formula is C31H36FN3O4S. The van der Waals surface area contributed by atoms with Gasteiger partial charge in [-0.05, 0) is 74.1 Å². The second-order valence-electron chi connectivity index (χ2n) is 10.3. The van der Waals surface area contributed by atoms with E-state index in [1.165, 1.54) is 21.3 Å². The molecule has 1 aliphatic rings. The van der Waals surface area contributed by atoms with Crippen molar-refractivity contribution < 1.29 is 22.4 Å². The minimum atomic E-state index is -3.50. The molecule has 0 saturated carbocycles. The van der Waals surface area contributed by atoms with E-state index < -0.39 is 16.1 Å². The average molecular weight is 566 g/mol. The first-order chi connectivity index (χ1) is 19.1. The van der Waals surface area contributed by atoms with Crippen LogP contribution in [0.25, 0.3) is 0 Å². The Balaban J connectivity index is 1.42. The maximum atomic E-state index is 13.5. The van der Waals surface area contributed by atoms with Gasteiger partial charge in [0, 0.05) is 32.6 Å². The maximum Gasteiger partial charge on any atom is 0.243 e. The highest BCUT2D eigenvalue weighted by molar-refractivity contribution is 7.89. The summed E-state index contributed by atoms with van der Waals surface area (Å²) in [4.78, 5) is 28.2. The molecule has 9 heteroatoms. The summed E-state index contributed by atoms with van der Waals surface area (Å²) in [6, 6.07) is 19.6. The highest BCUT2D eigenvalue weighted by atomic mass is 32.2. The molecule has 0 aliphatic carbocycles. The van der Waals surface area contributed by atoms with Crippen molar-refractivity contribution in [3.8, 4) is 0 Å². The molecule has 1 N–H and O–H groups in total. The monoisotopic (exact) mass is 565 g/mol. The molecule has 4 rings (SSSR count). The van der Waals surface area contributed by atoms with Crippen molar-refractivity contribution in [1.29, 1.82) is 0 Å². The molecule has 0 radical (unpaired) electrons. The fraction of sp³-hybridized carbons (Fsp3) is 0.355. The standard InChI is InChI=1S/C31H36FN3O4S/c1-23-5-7-26(8-6-23)21-33-31(37)24(2)35(22-27-9-14-28(32)15-10-27)30(36)18-13-25-11-16-29(17-12-25)40(38,39)34-19-3-4-20-34/h5-12,14-17,24H,3-4,13,18-22H2,1-2H3,(H,33,37)/t24-/m0/s1. The first-order valence-corrected chi connectivity index (χ1v) is 15.0. The zero-order chi connectivity index (χ0) is 28.7. The molecule has 212 valence electrons. The fourth-order valence-corrected chi connectivity index (χ4v) is 6.23. The minimum absolute atomic E-state index is 0.134. The van der Waals surface area contributed by atoms with Crippen molar-refractivity contribution in [1.82, 2.24) is 14.5 Å². The average Bonchev–Trinajstić information content (AvgIpc) is 3.51. The molecule has 0 bridgehead atoms. The van der Waals surface area contributed by atoms with Crippen LogP contribution in [0.5, 0.6) is 0 Å². The van der Waals surface area contributed by atoms with E-state index in [2.05, 4.69) is 5.32 Å². The number of rotatable bonds is 11. The van der Waals surface area contributed by atoms with E-state index in [1.54, 1.807) is 43.3 Å². The summed E-state index contributed by atoms with van der Waals surface area (Å²) >= 11 is 0. The van der Waals surface area contributed by atoms with Gasteiger partial charge in [0.15, 0.2) is 0 Å². The summed E-state index contributed by atoms with van der Waals surface area (Å²) in [7, 11) is -3.50. The molecule has 2 amide bonds. The lowest BCUT2D eigenvalue weighted by molar-refractivity contribution is -0.140. The number of halogens is 1. The largest absolute Gasteiger partial charge is 0.350 e. The van der Waals surface area contributed by atoms with E-state index in [9.17, 15) is 22.4 Å². The quantitative estimate of drug-likeness (QED) is 0.369. The van der Waals surface area contributed by atoms with Gasteiger partial charge >= 0.3 is 0 Å². The van der Waals surface area contributed by atoms with Gasteiger partial charge in [-0.15, -0.1) is 0 Å². The molecule has 3 aromatic carbocycles. The zero-order valence-electron chi connectivity index (χ0n) is 23.0. The summed E-state index contributed by atoms with van der Waals surface area (Å²) < 4.78 is 40.6. The Kier molecular flexibility index (Phi) is 9.71. The lowest BCUT2D eigenvalue weighted by Crippen LogP contribution is -2.47. The van der Waals surface area contributed by atoms with E-state index >= 15 is 0 Å². The number of carbonyl (C=O) groups excluding carboxylic acids is 2. The number of carbonyl (C=O) groups is 2. The second-order valence-corrected chi connectivity index (χ2v) is 12.2. The number of sulfonamides is 1. The Labute approximate surface area is 236 Å². The lowest BCUT2D eigenvalue weighted by Gasteiger charge is -2.29. The third-order valence-corrected chi connectivity index (χ3v) is 9.19. The normalized spacial score (nSPS) is 14.6. The molecule has 1 aliphatic heterocycles.